The highest BCUT2D eigenvalue weighted by molar-refractivity contribution is 4.86. The topological polar surface area (TPSA) is 32.7 Å². The molecule has 0 aromatic heterocycles. The summed E-state index contributed by atoms with van der Waals surface area (Å²) < 4.78 is 0.900. The van der Waals surface area contributed by atoms with Crippen LogP contribution in [0, 0.1) is 0 Å². The minimum absolute atomic E-state index is 0.0860. The summed E-state index contributed by atoms with van der Waals surface area (Å²) in [4.78, 5) is 5.40. The molecule has 1 aliphatic heterocycles. The molecule has 4 nitrogen and oxygen atoms in total. The molecule has 0 saturated carbocycles. The molecule has 96 valence electrons. The van der Waals surface area contributed by atoms with Crippen LogP contribution in [-0.2, 0) is 4.84 Å². The van der Waals surface area contributed by atoms with Gasteiger partial charge in [-0.15, -0.1) is 0 Å². The van der Waals surface area contributed by atoms with Crippen LogP contribution in [0.4, 0.5) is 0 Å². The molecule has 0 bridgehead atoms. The van der Waals surface area contributed by atoms with Gasteiger partial charge in [0.05, 0.1) is 33.9 Å². The number of hydroxylamine groups is 2. The molecule has 4 heteroatoms. The first-order valence-corrected chi connectivity index (χ1v) is 6.09. The first-order chi connectivity index (χ1) is 7.33. The van der Waals surface area contributed by atoms with Crippen molar-refractivity contribution in [1.82, 2.24) is 5.06 Å². The Labute approximate surface area is 99.3 Å². The first kappa shape index (κ1) is 13.9. The molecule has 1 aliphatic rings. The van der Waals surface area contributed by atoms with Crippen LogP contribution in [0.25, 0.3) is 0 Å². The summed E-state index contributed by atoms with van der Waals surface area (Å²) in [5, 5.41) is 11.2. The Morgan fingerprint density at radius 1 is 1.44 bits per heavy atom. The lowest BCUT2D eigenvalue weighted by atomic mass is 9.87. The fraction of sp³-hybridized carbons (Fsp3) is 1.00. The summed E-state index contributed by atoms with van der Waals surface area (Å²) in [6.45, 7) is 6.51. The molecule has 0 aliphatic carbocycles. The third-order valence-corrected chi connectivity index (χ3v) is 3.96. The molecule has 1 unspecified atom stereocenters. The van der Waals surface area contributed by atoms with Gasteiger partial charge < -0.3 is 14.4 Å². The molecule has 0 aromatic rings. The molecule has 0 spiro atoms. The Hall–Kier alpha value is -0.160. The van der Waals surface area contributed by atoms with Crippen LogP contribution >= 0.6 is 0 Å². The van der Waals surface area contributed by atoms with Gasteiger partial charge in [-0.1, -0.05) is 0 Å². The van der Waals surface area contributed by atoms with Crippen LogP contribution in [0.5, 0.6) is 0 Å². The van der Waals surface area contributed by atoms with Crippen molar-refractivity contribution in [2.24, 2.45) is 0 Å². The maximum absolute atomic E-state index is 9.11. The number of quaternary nitrogens is 1. The number of piperidine rings is 1. The lowest BCUT2D eigenvalue weighted by Crippen LogP contribution is -2.60. The highest BCUT2D eigenvalue weighted by Gasteiger charge is 2.41. The molecule has 1 atom stereocenters. The van der Waals surface area contributed by atoms with Gasteiger partial charge in [-0.05, 0) is 13.8 Å². The normalized spacial score (nSPS) is 27.0. The molecule has 1 saturated heterocycles. The van der Waals surface area contributed by atoms with Gasteiger partial charge in [0, 0.05) is 24.9 Å². The van der Waals surface area contributed by atoms with Crippen LogP contribution in [-0.4, -0.2) is 67.1 Å². The summed E-state index contributed by atoms with van der Waals surface area (Å²) in [5.74, 6) is 0. The largest absolute Gasteiger partial charge is 0.391 e. The Morgan fingerprint density at radius 2 is 2.06 bits per heavy atom. The number of aliphatic hydroxyl groups is 1. The summed E-state index contributed by atoms with van der Waals surface area (Å²) in [6.07, 6.45) is 2.23. The fourth-order valence-corrected chi connectivity index (χ4v) is 2.72. The van der Waals surface area contributed by atoms with E-state index in [2.05, 4.69) is 33.0 Å². The van der Waals surface area contributed by atoms with Gasteiger partial charge in [-0.3, -0.25) is 0 Å². The van der Waals surface area contributed by atoms with Gasteiger partial charge in [0.1, 0.15) is 6.54 Å². The van der Waals surface area contributed by atoms with Gasteiger partial charge in [0.15, 0.2) is 0 Å². The van der Waals surface area contributed by atoms with Gasteiger partial charge in [0.2, 0.25) is 0 Å². The van der Waals surface area contributed by atoms with Crippen LogP contribution < -0.4 is 0 Å². The lowest BCUT2D eigenvalue weighted by molar-refractivity contribution is -0.917. The van der Waals surface area contributed by atoms with Crippen molar-refractivity contribution < 1.29 is 14.4 Å². The van der Waals surface area contributed by atoms with Gasteiger partial charge >= 0.3 is 0 Å². The van der Waals surface area contributed by atoms with Crippen molar-refractivity contribution in [2.75, 3.05) is 40.9 Å². The minimum atomic E-state index is 0.0860. The number of aliphatic hydroxyl groups excluding tert-OH is 1. The zero-order valence-corrected chi connectivity index (χ0v) is 11.4. The number of hydrogen-bond donors (Lipinski definition) is 1. The molecular formula is C12H27N2O2+. The van der Waals surface area contributed by atoms with Crippen LogP contribution in [0.2, 0.25) is 0 Å². The van der Waals surface area contributed by atoms with Crippen LogP contribution in [0.3, 0.4) is 0 Å². The van der Waals surface area contributed by atoms with Crippen molar-refractivity contribution in [3.63, 3.8) is 0 Å². The lowest BCUT2D eigenvalue weighted by Gasteiger charge is -2.48. The van der Waals surface area contributed by atoms with Gasteiger partial charge in [-0.2, -0.15) is 5.06 Å². The Morgan fingerprint density at radius 3 is 2.50 bits per heavy atom. The number of likely N-dealkylation sites (N-methyl/N-ethyl adjacent to an activating group) is 1. The van der Waals surface area contributed by atoms with Crippen molar-refractivity contribution >= 4 is 0 Å². The molecule has 1 rings (SSSR count). The summed E-state index contributed by atoms with van der Waals surface area (Å²) in [7, 11) is 6.16. The Kier molecular flexibility index (Phi) is 4.35. The highest BCUT2D eigenvalue weighted by atomic mass is 16.7. The predicted molar refractivity (Wildman–Crippen MR) is 64.9 cm³/mol. The average Bonchev–Trinajstić information content (AvgIpc) is 2.16. The molecule has 0 aromatic carbocycles. The van der Waals surface area contributed by atoms with E-state index in [-0.39, 0.29) is 12.1 Å². The quantitative estimate of drug-likeness (QED) is 0.728. The van der Waals surface area contributed by atoms with E-state index in [0.29, 0.717) is 6.04 Å². The standard InChI is InChI=1S/C12H27N2O2/c1-12(2)10-11(6-7-13(12)16-5)14(3,4)8-9-15/h11,15H,6-10H2,1-5H3/q+1. The second-order valence-corrected chi connectivity index (χ2v) is 5.97. The van der Waals surface area contributed by atoms with Crippen LogP contribution in [0.1, 0.15) is 26.7 Å². The van der Waals surface area contributed by atoms with E-state index in [9.17, 15) is 0 Å². The monoisotopic (exact) mass is 231 g/mol. The first-order valence-electron chi connectivity index (χ1n) is 6.09. The highest BCUT2D eigenvalue weighted by Crippen LogP contribution is 2.31. The van der Waals surface area contributed by atoms with E-state index in [4.69, 9.17) is 9.94 Å². The molecule has 1 heterocycles. The number of nitrogens with zero attached hydrogens (tertiary/aromatic N) is 2. The Bertz CT molecular complexity index is 227. The van der Waals surface area contributed by atoms with Crippen molar-refractivity contribution in [1.29, 1.82) is 0 Å². The number of hydrogen-bond acceptors (Lipinski definition) is 3. The second-order valence-electron chi connectivity index (χ2n) is 5.97. The molecule has 0 amide bonds. The van der Waals surface area contributed by atoms with E-state index in [1.807, 2.05) is 0 Å². The number of rotatable bonds is 4. The fourth-order valence-electron chi connectivity index (χ4n) is 2.72. The summed E-state index contributed by atoms with van der Waals surface area (Å²) in [5.41, 5.74) is 0.0860. The third-order valence-electron chi connectivity index (χ3n) is 3.96. The maximum atomic E-state index is 9.11. The van der Waals surface area contributed by atoms with E-state index in [1.54, 1.807) is 7.11 Å². The summed E-state index contributed by atoms with van der Waals surface area (Å²) in [6, 6.07) is 0.605. The van der Waals surface area contributed by atoms with Gasteiger partial charge in [-0.25, -0.2) is 0 Å². The SMILES string of the molecule is CON1CCC([N+](C)(C)CCO)CC1(C)C. The second kappa shape index (κ2) is 5.00. The van der Waals surface area contributed by atoms with Gasteiger partial charge in [0.25, 0.3) is 0 Å². The van der Waals surface area contributed by atoms with E-state index in [1.165, 1.54) is 0 Å². The predicted octanol–water partition coefficient (Wildman–Crippen LogP) is 0.859. The van der Waals surface area contributed by atoms with E-state index >= 15 is 0 Å². The average molecular weight is 231 g/mol. The van der Waals surface area contributed by atoms with Crippen molar-refractivity contribution in [2.45, 2.75) is 38.3 Å². The molecule has 16 heavy (non-hydrogen) atoms. The molecule has 1 fully saturated rings. The molecule has 0 radical (unpaired) electrons. The van der Waals surface area contributed by atoms with E-state index < -0.39 is 0 Å². The Balaban J connectivity index is 2.67. The van der Waals surface area contributed by atoms with E-state index in [0.717, 1.165) is 30.4 Å². The zero-order valence-electron chi connectivity index (χ0n) is 11.4. The minimum Gasteiger partial charge on any atom is -0.391 e. The maximum Gasteiger partial charge on any atom is 0.102 e. The zero-order chi connectivity index (χ0) is 12.4. The van der Waals surface area contributed by atoms with Crippen molar-refractivity contribution in [3.8, 4) is 0 Å². The van der Waals surface area contributed by atoms with Crippen LogP contribution in [0.15, 0.2) is 0 Å². The molecule has 1 N–H and O–H groups in total. The smallest absolute Gasteiger partial charge is 0.102 e. The third kappa shape index (κ3) is 2.94. The molecular weight excluding hydrogens is 204 g/mol. The summed E-state index contributed by atoms with van der Waals surface area (Å²) >= 11 is 0. The van der Waals surface area contributed by atoms with Crippen molar-refractivity contribution in [3.05, 3.63) is 0 Å².